The van der Waals surface area contributed by atoms with Crippen molar-refractivity contribution in [3.05, 3.63) is 0 Å². The first-order valence-electron chi connectivity index (χ1n) is 6.15. The van der Waals surface area contributed by atoms with Gasteiger partial charge in [-0.05, 0) is 13.3 Å². The first-order chi connectivity index (χ1) is 8.06. The van der Waals surface area contributed by atoms with Crippen LogP contribution in [0.4, 0.5) is 9.18 Å². The highest BCUT2D eigenvalue weighted by Crippen LogP contribution is 2.14. The molecule has 6 heteroatoms. The zero-order valence-corrected chi connectivity index (χ0v) is 10.1. The summed E-state index contributed by atoms with van der Waals surface area (Å²) in [6.45, 7) is 5.05. The average Bonchev–Trinajstić information content (AvgIpc) is 2.66. The maximum Gasteiger partial charge on any atom is 0.407 e. The van der Waals surface area contributed by atoms with Gasteiger partial charge in [-0.1, -0.05) is 0 Å². The number of amides is 1. The fraction of sp³-hybridized carbons (Fsp3) is 0.909. The Labute approximate surface area is 101 Å². The summed E-state index contributed by atoms with van der Waals surface area (Å²) in [7, 11) is 0. The van der Waals surface area contributed by atoms with Gasteiger partial charge >= 0.3 is 6.09 Å². The van der Waals surface area contributed by atoms with Crippen LogP contribution in [0, 0.1) is 0 Å². The van der Waals surface area contributed by atoms with Gasteiger partial charge in [-0.2, -0.15) is 0 Å². The van der Waals surface area contributed by atoms with Gasteiger partial charge in [-0.25, -0.2) is 9.18 Å². The van der Waals surface area contributed by atoms with Crippen LogP contribution in [0.3, 0.4) is 0 Å². The number of carbonyl (C=O) groups is 1. The number of piperazine rings is 1. The van der Waals surface area contributed by atoms with E-state index in [-0.39, 0.29) is 12.1 Å². The van der Waals surface area contributed by atoms with Crippen molar-refractivity contribution in [3.63, 3.8) is 0 Å². The summed E-state index contributed by atoms with van der Waals surface area (Å²) >= 11 is 0. The SMILES string of the molecule is C[C@@H]1CN[C@@H](CN2CCC(F)C2)CN1C(=O)O. The minimum absolute atomic E-state index is 0.0104. The Morgan fingerprint density at radius 1 is 1.53 bits per heavy atom. The average molecular weight is 245 g/mol. The Kier molecular flexibility index (Phi) is 3.83. The fourth-order valence-corrected chi connectivity index (χ4v) is 2.58. The van der Waals surface area contributed by atoms with Crippen LogP contribution in [0.1, 0.15) is 13.3 Å². The summed E-state index contributed by atoms with van der Waals surface area (Å²) < 4.78 is 13.0. The van der Waals surface area contributed by atoms with E-state index in [2.05, 4.69) is 10.2 Å². The molecule has 2 N–H and O–H groups in total. The molecule has 2 heterocycles. The monoisotopic (exact) mass is 245 g/mol. The third-order valence-electron chi connectivity index (χ3n) is 3.59. The second-order valence-corrected chi connectivity index (χ2v) is 5.03. The topological polar surface area (TPSA) is 55.8 Å². The van der Waals surface area contributed by atoms with Crippen molar-refractivity contribution in [2.75, 3.05) is 32.7 Å². The van der Waals surface area contributed by atoms with E-state index in [1.54, 1.807) is 0 Å². The van der Waals surface area contributed by atoms with Crippen LogP contribution in [0.5, 0.6) is 0 Å². The van der Waals surface area contributed by atoms with Crippen LogP contribution in [0.15, 0.2) is 0 Å². The van der Waals surface area contributed by atoms with E-state index < -0.39 is 12.3 Å². The van der Waals surface area contributed by atoms with Crippen molar-refractivity contribution in [3.8, 4) is 0 Å². The molecule has 0 aromatic carbocycles. The van der Waals surface area contributed by atoms with Crippen LogP contribution < -0.4 is 5.32 Å². The van der Waals surface area contributed by atoms with Crippen molar-refractivity contribution >= 4 is 6.09 Å². The first-order valence-corrected chi connectivity index (χ1v) is 6.15. The number of alkyl halides is 1. The summed E-state index contributed by atoms with van der Waals surface area (Å²) in [4.78, 5) is 14.6. The molecule has 0 spiro atoms. The van der Waals surface area contributed by atoms with E-state index in [0.29, 0.717) is 26.1 Å². The highest BCUT2D eigenvalue weighted by atomic mass is 19.1. The van der Waals surface area contributed by atoms with Crippen LogP contribution >= 0.6 is 0 Å². The molecule has 0 radical (unpaired) electrons. The highest BCUT2D eigenvalue weighted by molar-refractivity contribution is 5.65. The van der Waals surface area contributed by atoms with Crippen molar-refractivity contribution in [1.29, 1.82) is 0 Å². The summed E-state index contributed by atoms with van der Waals surface area (Å²) in [5, 5.41) is 12.4. The molecule has 0 aliphatic carbocycles. The number of carboxylic acid groups (broad SMARTS) is 1. The molecule has 2 aliphatic rings. The molecule has 2 fully saturated rings. The van der Waals surface area contributed by atoms with Gasteiger partial charge in [0.1, 0.15) is 6.17 Å². The number of likely N-dealkylation sites (tertiary alicyclic amines) is 1. The van der Waals surface area contributed by atoms with Crippen molar-refractivity contribution in [1.82, 2.24) is 15.1 Å². The Morgan fingerprint density at radius 3 is 2.88 bits per heavy atom. The third-order valence-corrected chi connectivity index (χ3v) is 3.59. The normalized spacial score (nSPS) is 35.2. The summed E-state index contributed by atoms with van der Waals surface area (Å²) in [6, 6.07) is 0.129. The molecule has 5 nitrogen and oxygen atoms in total. The number of halogens is 1. The standard InChI is InChI=1S/C11H20FN3O2/c1-8-4-13-10(7-15(8)11(16)17)6-14-3-2-9(12)5-14/h8-10,13H,2-7H2,1H3,(H,16,17)/t8-,9?,10+/m1/s1. The molecule has 2 aliphatic heterocycles. The molecule has 1 amide bonds. The molecule has 17 heavy (non-hydrogen) atoms. The van der Waals surface area contributed by atoms with Gasteiger partial charge in [0.25, 0.3) is 0 Å². The minimum Gasteiger partial charge on any atom is -0.465 e. The second kappa shape index (κ2) is 5.18. The Balaban J connectivity index is 1.84. The van der Waals surface area contributed by atoms with Crippen molar-refractivity contribution < 1.29 is 14.3 Å². The molecule has 1 unspecified atom stereocenters. The molecular formula is C11H20FN3O2. The molecule has 2 saturated heterocycles. The van der Waals surface area contributed by atoms with Crippen LogP contribution in [-0.4, -0.2) is 72.0 Å². The quantitative estimate of drug-likeness (QED) is 0.738. The van der Waals surface area contributed by atoms with Gasteiger partial charge < -0.3 is 15.3 Å². The number of nitrogens with zero attached hydrogens (tertiary/aromatic N) is 2. The number of hydrogen-bond acceptors (Lipinski definition) is 3. The van der Waals surface area contributed by atoms with E-state index in [1.807, 2.05) is 6.92 Å². The van der Waals surface area contributed by atoms with Crippen LogP contribution in [-0.2, 0) is 0 Å². The summed E-state index contributed by atoms with van der Waals surface area (Å²) in [6.07, 6.45) is -0.979. The molecule has 3 atom stereocenters. The van der Waals surface area contributed by atoms with E-state index in [9.17, 15) is 9.18 Å². The first kappa shape index (κ1) is 12.6. The predicted octanol–water partition coefficient (Wildman–Crippen LogP) is 0.371. The maximum atomic E-state index is 13.0. The van der Waals surface area contributed by atoms with Crippen LogP contribution in [0.2, 0.25) is 0 Å². The molecule has 2 rings (SSSR count). The minimum atomic E-state index is -0.867. The fourth-order valence-electron chi connectivity index (χ4n) is 2.58. The Bertz CT molecular complexity index is 290. The van der Waals surface area contributed by atoms with E-state index >= 15 is 0 Å². The zero-order chi connectivity index (χ0) is 12.4. The van der Waals surface area contributed by atoms with E-state index in [4.69, 9.17) is 5.11 Å². The second-order valence-electron chi connectivity index (χ2n) is 5.03. The third kappa shape index (κ3) is 3.07. The lowest BCUT2D eigenvalue weighted by molar-refractivity contribution is 0.0964. The van der Waals surface area contributed by atoms with E-state index in [0.717, 1.165) is 13.1 Å². The lowest BCUT2D eigenvalue weighted by atomic mass is 10.1. The van der Waals surface area contributed by atoms with Crippen molar-refractivity contribution in [2.24, 2.45) is 0 Å². The number of nitrogens with one attached hydrogen (secondary N) is 1. The van der Waals surface area contributed by atoms with Gasteiger partial charge in [0.05, 0.1) is 0 Å². The lowest BCUT2D eigenvalue weighted by Gasteiger charge is -2.38. The number of hydrogen-bond donors (Lipinski definition) is 2. The zero-order valence-electron chi connectivity index (χ0n) is 10.1. The maximum absolute atomic E-state index is 13.0. The number of rotatable bonds is 2. The highest BCUT2D eigenvalue weighted by Gasteiger charge is 2.31. The Hall–Kier alpha value is -0.880. The molecule has 0 bridgehead atoms. The smallest absolute Gasteiger partial charge is 0.407 e. The molecule has 0 saturated carbocycles. The van der Waals surface area contributed by atoms with Gasteiger partial charge in [-0.3, -0.25) is 4.90 Å². The van der Waals surface area contributed by atoms with Gasteiger partial charge in [0.2, 0.25) is 0 Å². The predicted molar refractivity (Wildman–Crippen MR) is 61.9 cm³/mol. The van der Waals surface area contributed by atoms with E-state index in [1.165, 1.54) is 4.90 Å². The lowest BCUT2D eigenvalue weighted by Crippen LogP contribution is -2.59. The van der Waals surface area contributed by atoms with Gasteiger partial charge in [0.15, 0.2) is 0 Å². The largest absolute Gasteiger partial charge is 0.465 e. The molecule has 98 valence electrons. The summed E-state index contributed by atoms with van der Waals surface area (Å²) in [5.41, 5.74) is 0. The molecule has 0 aromatic heterocycles. The summed E-state index contributed by atoms with van der Waals surface area (Å²) in [5.74, 6) is 0. The molecule has 0 aromatic rings. The van der Waals surface area contributed by atoms with Gasteiger partial charge in [-0.15, -0.1) is 0 Å². The van der Waals surface area contributed by atoms with Gasteiger partial charge in [0, 0.05) is 44.8 Å². The van der Waals surface area contributed by atoms with Crippen molar-refractivity contribution in [2.45, 2.75) is 31.6 Å². The Morgan fingerprint density at radius 2 is 2.29 bits per heavy atom. The molecular weight excluding hydrogens is 225 g/mol. The van der Waals surface area contributed by atoms with Crippen LogP contribution in [0.25, 0.3) is 0 Å².